The van der Waals surface area contributed by atoms with Crippen molar-refractivity contribution < 1.29 is 9.18 Å². The summed E-state index contributed by atoms with van der Waals surface area (Å²) in [5, 5.41) is 9.94. The second kappa shape index (κ2) is 10.2. The molecule has 2 N–H and O–H groups in total. The molecule has 0 atom stereocenters. The lowest BCUT2D eigenvalue weighted by atomic mass is 10.1. The Kier molecular flexibility index (Phi) is 7.36. The first kappa shape index (κ1) is 22.4. The molecule has 3 heterocycles. The van der Waals surface area contributed by atoms with Crippen LogP contribution in [0.3, 0.4) is 0 Å². The first-order chi connectivity index (χ1) is 14.6. The van der Waals surface area contributed by atoms with Crippen LogP contribution in [0.4, 0.5) is 16.0 Å². The number of piperazine rings is 1. The predicted molar refractivity (Wildman–Crippen MR) is 120 cm³/mol. The molecule has 0 spiro atoms. The molecule has 8 heteroatoms. The summed E-state index contributed by atoms with van der Waals surface area (Å²) in [5.74, 6) is 0.910. The predicted octanol–water partition coefficient (Wildman–Crippen LogP) is 3.84. The van der Waals surface area contributed by atoms with E-state index >= 15 is 0 Å². The molecule has 1 saturated heterocycles. The number of pyridine rings is 1. The molecule has 0 aliphatic carbocycles. The number of aromatic nitrogens is 3. The van der Waals surface area contributed by atoms with Crippen LogP contribution in [0.2, 0.25) is 0 Å². The van der Waals surface area contributed by atoms with Crippen LogP contribution in [-0.2, 0) is 13.0 Å². The molecule has 1 aliphatic rings. The molecule has 31 heavy (non-hydrogen) atoms. The summed E-state index contributed by atoms with van der Waals surface area (Å²) in [6.07, 6.45) is 2.25. The molecule has 1 aromatic carbocycles. The summed E-state index contributed by atoms with van der Waals surface area (Å²) in [6.45, 7) is 5.17. The number of nitrogens with one attached hydrogen (secondary N) is 2. The van der Waals surface area contributed by atoms with E-state index in [0.717, 1.165) is 30.4 Å². The lowest BCUT2D eigenvalue weighted by molar-refractivity contribution is 0.0622. The highest BCUT2D eigenvalue weighted by atomic mass is 19.1. The van der Waals surface area contributed by atoms with Gasteiger partial charge in [0.2, 0.25) is 0 Å². The van der Waals surface area contributed by atoms with E-state index in [1.54, 1.807) is 29.3 Å². The Balaban J connectivity index is 0.00000272. The lowest BCUT2D eigenvalue weighted by Crippen LogP contribution is -2.48. The quantitative estimate of drug-likeness (QED) is 0.629. The summed E-state index contributed by atoms with van der Waals surface area (Å²) in [7, 11) is 0. The van der Waals surface area contributed by atoms with Gasteiger partial charge >= 0.3 is 0 Å². The fourth-order valence-electron chi connectivity index (χ4n) is 3.63. The Labute approximate surface area is 182 Å². The number of aryl methyl sites for hydroxylation is 1. The number of carbonyl (C=O) groups is 1. The molecule has 0 radical (unpaired) electrons. The Hall–Kier alpha value is -3.26. The minimum absolute atomic E-state index is 0. The van der Waals surface area contributed by atoms with Gasteiger partial charge in [0.05, 0.1) is 17.5 Å². The number of halogens is 1. The summed E-state index contributed by atoms with van der Waals surface area (Å²) in [6, 6.07) is 12.7. The molecule has 1 fully saturated rings. The Morgan fingerprint density at radius 3 is 2.61 bits per heavy atom. The molecule has 1 aliphatic heterocycles. The van der Waals surface area contributed by atoms with E-state index in [2.05, 4.69) is 25.4 Å². The van der Waals surface area contributed by atoms with Gasteiger partial charge in [-0.05, 0) is 30.2 Å². The summed E-state index contributed by atoms with van der Waals surface area (Å²) < 4.78 is 14.5. The van der Waals surface area contributed by atoms with Gasteiger partial charge in [0.15, 0.2) is 0 Å². The molecule has 0 unspecified atom stereocenters. The number of anilines is 2. The van der Waals surface area contributed by atoms with E-state index in [1.807, 2.05) is 31.2 Å². The third-order valence-electron chi connectivity index (χ3n) is 5.31. The van der Waals surface area contributed by atoms with Gasteiger partial charge in [-0.3, -0.25) is 14.8 Å². The van der Waals surface area contributed by atoms with Crippen LogP contribution < -0.4 is 5.32 Å². The Bertz CT molecular complexity index is 999. The van der Waals surface area contributed by atoms with Crippen molar-refractivity contribution in [1.82, 2.24) is 25.0 Å². The van der Waals surface area contributed by atoms with Crippen molar-refractivity contribution in [3.63, 3.8) is 0 Å². The van der Waals surface area contributed by atoms with E-state index < -0.39 is 5.82 Å². The van der Waals surface area contributed by atoms with Crippen LogP contribution in [0, 0.1) is 5.82 Å². The Morgan fingerprint density at radius 1 is 1.13 bits per heavy atom. The maximum absolute atomic E-state index is 14.5. The van der Waals surface area contributed by atoms with Crippen molar-refractivity contribution >= 4 is 17.5 Å². The summed E-state index contributed by atoms with van der Waals surface area (Å²) in [4.78, 5) is 21.4. The molecule has 0 saturated carbocycles. The summed E-state index contributed by atoms with van der Waals surface area (Å²) in [5.41, 5.74) is 1.69. The van der Waals surface area contributed by atoms with Gasteiger partial charge in [-0.2, -0.15) is 5.10 Å². The van der Waals surface area contributed by atoms with E-state index in [9.17, 15) is 9.18 Å². The third kappa shape index (κ3) is 5.27. The number of rotatable bonds is 6. The number of hydrogen-bond donors (Lipinski definition) is 2. The fraction of sp³-hybridized carbons (Fsp3) is 0.348. The van der Waals surface area contributed by atoms with Crippen LogP contribution in [-0.4, -0.2) is 57.1 Å². The van der Waals surface area contributed by atoms with Gasteiger partial charge in [-0.15, -0.1) is 0 Å². The molecule has 2 aromatic heterocycles. The van der Waals surface area contributed by atoms with Crippen molar-refractivity contribution in [1.29, 1.82) is 0 Å². The normalized spacial score (nSPS) is 14.2. The van der Waals surface area contributed by atoms with E-state index in [-0.39, 0.29) is 18.9 Å². The lowest BCUT2D eigenvalue weighted by Gasteiger charge is -2.34. The van der Waals surface area contributed by atoms with Crippen molar-refractivity contribution in [3.05, 3.63) is 71.3 Å². The number of aromatic amines is 1. The number of H-pyrrole nitrogens is 1. The topological polar surface area (TPSA) is 77.2 Å². The molecule has 4 rings (SSSR count). The third-order valence-corrected chi connectivity index (χ3v) is 5.31. The number of benzene rings is 1. The van der Waals surface area contributed by atoms with Gasteiger partial charge in [-0.1, -0.05) is 32.5 Å². The summed E-state index contributed by atoms with van der Waals surface area (Å²) >= 11 is 0. The first-order valence-corrected chi connectivity index (χ1v) is 10.2. The van der Waals surface area contributed by atoms with Gasteiger partial charge in [0.1, 0.15) is 17.5 Å². The van der Waals surface area contributed by atoms with Crippen LogP contribution >= 0.6 is 0 Å². The smallest absolute Gasteiger partial charge is 0.256 e. The van der Waals surface area contributed by atoms with Crippen LogP contribution in [0.15, 0.2) is 48.7 Å². The standard InChI is InChI=1S/C22H25FN6O.CH4/c1-2-16-5-3-7-18(21(16)23)22(30)29-13-11-28(12-14-29)15-17-6-4-8-19(25-17)26-20-9-10-24-27-20;/h3-10H,2,11-15H2,1H3,(H2,24,25,26,27);1H4. The van der Waals surface area contributed by atoms with Gasteiger partial charge in [0, 0.05) is 38.8 Å². The monoisotopic (exact) mass is 424 g/mol. The van der Waals surface area contributed by atoms with Gasteiger partial charge in [-0.25, -0.2) is 9.37 Å². The minimum atomic E-state index is -0.391. The molecular weight excluding hydrogens is 395 g/mol. The average Bonchev–Trinajstić information content (AvgIpc) is 3.27. The molecule has 1 amide bonds. The largest absolute Gasteiger partial charge is 0.336 e. The van der Waals surface area contributed by atoms with Crippen molar-refractivity contribution in [2.45, 2.75) is 27.3 Å². The van der Waals surface area contributed by atoms with E-state index in [4.69, 9.17) is 0 Å². The molecule has 164 valence electrons. The molecule has 7 nitrogen and oxygen atoms in total. The van der Waals surface area contributed by atoms with Crippen molar-refractivity contribution in [2.24, 2.45) is 0 Å². The second-order valence-corrected chi connectivity index (χ2v) is 7.31. The average molecular weight is 425 g/mol. The zero-order valence-electron chi connectivity index (χ0n) is 16.9. The first-order valence-electron chi connectivity index (χ1n) is 10.2. The number of amides is 1. The number of carbonyl (C=O) groups excluding carboxylic acids is 1. The highest BCUT2D eigenvalue weighted by Crippen LogP contribution is 2.18. The van der Waals surface area contributed by atoms with Crippen molar-refractivity contribution in [2.75, 3.05) is 31.5 Å². The maximum Gasteiger partial charge on any atom is 0.256 e. The second-order valence-electron chi connectivity index (χ2n) is 7.31. The zero-order valence-corrected chi connectivity index (χ0v) is 16.9. The molecule has 3 aromatic rings. The van der Waals surface area contributed by atoms with Gasteiger partial charge in [0.25, 0.3) is 5.91 Å². The SMILES string of the molecule is C.CCc1cccc(C(=O)N2CCN(Cc3cccc(Nc4ccn[nH]4)n3)CC2)c1F. The van der Waals surface area contributed by atoms with Crippen LogP contribution in [0.5, 0.6) is 0 Å². The number of hydrogen-bond acceptors (Lipinski definition) is 5. The van der Waals surface area contributed by atoms with E-state index in [1.165, 1.54) is 0 Å². The van der Waals surface area contributed by atoms with Crippen molar-refractivity contribution in [3.8, 4) is 0 Å². The molecular formula is C23H29FN6O. The highest BCUT2D eigenvalue weighted by Gasteiger charge is 2.25. The molecule has 0 bridgehead atoms. The Morgan fingerprint density at radius 2 is 1.90 bits per heavy atom. The van der Waals surface area contributed by atoms with E-state index in [0.29, 0.717) is 31.6 Å². The van der Waals surface area contributed by atoms with Crippen LogP contribution in [0.25, 0.3) is 0 Å². The minimum Gasteiger partial charge on any atom is -0.336 e. The number of nitrogens with zero attached hydrogens (tertiary/aromatic N) is 4. The van der Waals surface area contributed by atoms with Crippen LogP contribution in [0.1, 0.15) is 36.0 Å². The highest BCUT2D eigenvalue weighted by molar-refractivity contribution is 5.94. The maximum atomic E-state index is 14.5. The zero-order chi connectivity index (χ0) is 20.9. The van der Waals surface area contributed by atoms with Gasteiger partial charge < -0.3 is 10.2 Å². The fourth-order valence-corrected chi connectivity index (χ4v) is 3.63.